The van der Waals surface area contributed by atoms with E-state index in [4.69, 9.17) is 0 Å². The van der Waals surface area contributed by atoms with Crippen molar-refractivity contribution in [2.75, 3.05) is 25.0 Å². The highest BCUT2D eigenvalue weighted by Gasteiger charge is 2.25. The summed E-state index contributed by atoms with van der Waals surface area (Å²) in [5.41, 5.74) is 0.961. The molecule has 5 nitrogen and oxygen atoms in total. The lowest BCUT2D eigenvalue weighted by Gasteiger charge is -2.25. The number of halogens is 1. The van der Waals surface area contributed by atoms with E-state index in [1.807, 2.05) is 6.07 Å². The van der Waals surface area contributed by atoms with E-state index < -0.39 is 10.0 Å². The molecular formula is C19H24FN3O2S. The Hall–Kier alpha value is -1.99. The van der Waals surface area contributed by atoms with Gasteiger partial charge < -0.3 is 5.32 Å². The highest BCUT2D eigenvalue weighted by molar-refractivity contribution is 7.89. The van der Waals surface area contributed by atoms with E-state index in [9.17, 15) is 12.8 Å². The standard InChI is InChI=1S/C19H24FN3O2S/c20-17-8-4-6-16(14-17)7-5-11-21-19-10-9-18(15-22-19)26(24,25)23-12-2-1-3-13-23/h4,6,8-10,14-15H,1-3,5,7,11-13H2,(H,21,22). The number of rotatable bonds is 7. The van der Waals surface area contributed by atoms with Crippen molar-refractivity contribution >= 4 is 15.8 Å². The summed E-state index contributed by atoms with van der Waals surface area (Å²) in [6.07, 6.45) is 5.93. The first-order chi connectivity index (χ1) is 12.6. The van der Waals surface area contributed by atoms with Crippen molar-refractivity contribution in [3.8, 4) is 0 Å². The Morgan fingerprint density at radius 1 is 1.12 bits per heavy atom. The van der Waals surface area contributed by atoms with Crippen molar-refractivity contribution in [3.05, 3.63) is 54.0 Å². The molecule has 0 unspecified atom stereocenters. The second-order valence-electron chi connectivity index (χ2n) is 6.50. The first kappa shape index (κ1) is 18.8. The van der Waals surface area contributed by atoms with Gasteiger partial charge in [0, 0.05) is 25.8 Å². The maximum atomic E-state index is 13.1. The lowest BCUT2D eigenvalue weighted by molar-refractivity contribution is 0.346. The number of hydrogen-bond donors (Lipinski definition) is 1. The number of hydrogen-bond acceptors (Lipinski definition) is 4. The number of aryl methyl sites for hydroxylation is 1. The lowest BCUT2D eigenvalue weighted by atomic mass is 10.1. The van der Waals surface area contributed by atoms with Gasteiger partial charge in [-0.3, -0.25) is 0 Å². The van der Waals surface area contributed by atoms with Crippen LogP contribution in [0.5, 0.6) is 0 Å². The normalized spacial score (nSPS) is 15.7. The number of nitrogens with zero attached hydrogens (tertiary/aromatic N) is 2. The second-order valence-corrected chi connectivity index (χ2v) is 8.44. The fraction of sp³-hybridized carbons (Fsp3) is 0.421. The third kappa shape index (κ3) is 4.80. The number of piperidine rings is 1. The largest absolute Gasteiger partial charge is 0.370 e. The van der Waals surface area contributed by atoms with Crippen LogP contribution in [0, 0.1) is 5.82 Å². The minimum atomic E-state index is -3.44. The van der Waals surface area contributed by atoms with Crippen LogP contribution in [-0.4, -0.2) is 37.3 Å². The zero-order valence-electron chi connectivity index (χ0n) is 14.7. The SMILES string of the molecule is O=S(=O)(c1ccc(NCCCc2cccc(F)c2)nc1)N1CCCCC1. The molecule has 2 aromatic rings. The smallest absolute Gasteiger partial charge is 0.244 e. The average Bonchev–Trinajstić information content (AvgIpc) is 2.66. The number of pyridine rings is 1. The molecule has 140 valence electrons. The van der Waals surface area contributed by atoms with Gasteiger partial charge in [-0.15, -0.1) is 0 Å². The molecule has 0 atom stereocenters. The predicted octanol–water partition coefficient (Wildman–Crippen LogP) is 3.44. The van der Waals surface area contributed by atoms with Crippen molar-refractivity contribution in [1.29, 1.82) is 0 Å². The second kappa shape index (κ2) is 8.60. The highest BCUT2D eigenvalue weighted by Crippen LogP contribution is 2.20. The van der Waals surface area contributed by atoms with Crippen molar-refractivity contribution in [2.45, 2.75) is 37.0 Å². The van der Waals surface area contributed by atoms with Crippen molar-refractivity contribution < 1.29 is 12.8 Å². The van der Waals surface area contributed by atoms with Crippen LogP contribution in [0.1, 0.15) is 31.2 Å². The molecule has 26 heavy (non-hydrogen) atoms. The maximum absolute atomic E-state index is 13.1. The molecule has 0 saturated carbocycles. The average molecular weight is 377 g/mol. The molecule has 1 aromatic carbocycles. The topological polar surface area (TPSA) is 62.3 Å². The Balaban J connectivity index is 1.51. The van der Waals surface area contributed by atoms with Crippen LogP contribution in [0.3, 0.4) is 0 Å². The Morgan fingerprint density at radius 3 is 2.62 bits per heavy atom. The van der Waals surface area contributed by atoms with E-state index in [1.165, 1.54) is 12.3 Å². The first-order valence-electron chi connectivity index (χ1n) is 9.00. The van der Waals surface area contributed by atoms with Crippen LogP contribution in [0.15, 0.2) is 47.5 Å². The van der Waals surface area contributed by atoms with Gasteiger partial charge in [0.1, 0.15) is 16.5 Å². The quantitative estimate of drug-likeness (QED) is 0.751. The van der Waals surface area contributed by atoms with Gasteiger partial charge in [-0.2, -0.15) is 4.31 Å². The molecular weight excluding hydrogens is 353 g/mol. The van der Waals surface area contributed by atoms with E-state index in [2.05, 4.69) is 10.3 Å². The minimum Gasteiger partial charge on any atom is -0.370 e. The minimum absolute atomic E-state index is 0.220. The van der Waals surface area contributed by atoms with E-state index in [0.717, 1.165) is 37.7 Å². The molecule has 0 radical (unpaired) electrons. The van der Waals surface area contributed by atoms with Crippen molar-refractivity contribution in [1.82, 2.24) is 9.29 Å². The summed E-state index contributed by atoms with van der Waals surface area (Å²) in [7, 11) is -3.44. The van der Waals surface area contributed by atoms with Crippen LogP contribution >= 0.6 is 0 Å². The van der Waals surface area contributed by atoms with Crippen LogP contribution in [-0.2, 0) is 16.4 Å². The zero-order chi connectivity index (χ0) is 18.4. The Labute approximate surface area is 154 Å². The van der Waals surface area contributed by atoms with Crippen LogP contribution < -0.4 is 5.32 Å². The van der Waals surface area contributed by atoms with Gasteiger partial charge in [0.2, 0.25) is 10.0 Å². The number of anilines is 1. The van der Waals surface area contributed by atoms with E-state index in [1.54, 1.807) is 28.6 Å². The van der Waals surface area contributed by atoms with E-state index >= 15 is 0 Å². The van der Waals surface area contributed by atoms with Gasteiger partial charge in [0.15, 0.2) is 0 Å². The lowest BCUT2D eigenvalue weighted by Crippen LogP contribution is -2.35. The van der Waals surface area contributed by atoms with Gasteiger partial charge >= 0.3 is 0 Å². The number of nitrogens with one attached hydrogen (secondary N) is 1. The Bertz CT molecular complexity index is 819. The summed E-state index contributed by atoms with van der Waals surface area (Å²) in [6, 6.07) is 9.89. The summed E-state index contributed by atoms with van der Waals surface area (Å²) in [4.78, 5) is 4.46. The van der Waals surface area contributed by atoms with Gasteiger partial charge in [0.25, 0.3) is 0 Å². The molecule has 1 saturated heterocycles. The fourth-order valence-corrected chi connectivity index (χ4v) is 4.56. The van der Waals surface area contributed by atoms with Gasteiger partial charge in [0.05, 0.1) is 0 Å². The molecule has 0 bridgehead atoms. The summed E-state index contributed by atoms with van der Waals surface area (Å²) in [6.45, 7) is 1.85. The molecule has 2 heterocycles. The van der Waals surface area contributed by atoms with Crippen LogP contribution in [0.25, 0.3) is 0 Å². The molecule has 7 heteroatoms. The zero-order valence-corrected chi connectivity index (χ0v) is 15.5. The predicted molar refractivity (Wildman–Crippen MR) is 100 cm³/mol. The molecule has 0 spiro atoms. The Kier molecular flexibility index (Phi) is 6.21. The number of benzene rings is 1. The summed E-state index contributed by atoms with van der Waals surface area (Å²) in [5, 5.41) is 3.17. The molecule has 0 aliphatic carbocycles. The number of sulfonamides is 1. The van der Waals surface area contributed by atoms with E-state index in [0.29, 0.717) is 25.5 Å². The van der Waals surface area contributed by atoms with Gasteiger partial charge in [-0.05, 0) is 55.5 Å². The third-order valence-corrected chi connectivity index (χ3v) is 6.41. The molecule has 3 rings (SSSR count). The molecule has 1 N–H and O–H groups in total. The fourth-order valence-electron chi connectivity index (χ4n) is 3.09. The maximum Gasteiger partial charge on any atom is 0.244 e. The monoisotopic (exact) mass is 377 g/mol. The molecule has 0 amide bonds. The summed E-state index contributed by atoms with van der Waals surface area (Å²) >= 11 is 0. The van der Waals surface area contributed by atoms with Crippen LogP contribution in [0.2, 0.25) is 0 Å². The van der Waals surface area contributed by atoms with Crippen molar-refractivity contribution in [3.63, 3.8) is 0 Å². The molecule has 1 aliphatic heterocycles. The molecule has 1 fully saturated rings. The van der Waals surface area contributed by atoms with Crippen molar-refractivity contribution in [2.24, 2.45) is 0 Å². The molecule has 1 aromatic heterocycles. The number of aromatic nitrogens is 1. The summed E-state index contributed by atoms with van der Waals surface area (Å²) in [5.74, 6) is 0.421. The Morgan fingerprint density at radius 2 is 1.92 bits per heavy atom. The highest BCUT2D eigenvalue weighted by atomic mass is 32.2. The third-order valence-electron chi connectivity index (χ3n) is 4.53. The summed E-state index contributed by atoms with van der Waals surface area (Å²) < 4.78 is 39.8. The molecule has 1 aliphatic rings. The van der Waals surface area contributed by atoms with Crippen LogP contribution in [0.4, 0.5) is 10.2 Å². The van der Waals surface area contributed by atoms with Gasteiger partial charge in [-0.1, -0.05) is 18.6 Å². The first-order valence-corrected chi connectivity index (χ1v) is 10.4. The van der Waals surface area contributed by atoms with Gasteiger partial charge in [-0.25, -0.2) is 17.8 Å². The van der Waals surface area contributed by atoms with E-state index in [-0.39, 0.29) is 10.7 Å².